The van der Waals surface area contributed by atoms with Gasteiger partial charge in [0.25, 0.3) is 0 Å². The first kappa shape index (κ1) is 14.3. The molecule has 4 nitrogen and oxygen atoms in total. The van der Waals surface area contributed by atoms with E-state index >= 15 is 0 Å². The summed E-state index contributed by atoms with van der Waals surface area (Å²) in [4.78, 5) is 7.79. The van der Waals surface area contributed by atoms with Crippen molar-refractivity contribution in [1.82, 2.24) is 9.97 Å². The molecule has 0 bridgehead atoms. The van der Waals surface area contributed by atoms with E-state index in [-0.39, 0.29) is 10.4 Å². The summed E-state index contributed by atoms with van der Waals surface area (Å²) in [6.45, 7) is 3.43. The molecule has 0 fully saturated rings. The van der Waals surface area contributed by atoms with E-state index in [2.05, 4.69) is 15.3 Å². The van der Waals surface area contributed by atoms with E-state index in [1.165, 1.54) is 0 Å². The summed E-state index contributed by atoms with van der Waals surface area (Å²) in [5.74, 6) is 0.464. The predicted octanol–water partition coefficient (Wildman–Crippen LogP) is 3.78. The van der Waals surface area contributed by atoms with Gasteiger partial charge in [-0.15, -0.1) is 0 Å². The maximum atomic E-state index is 12.2. The van der Waals surface area contributed by atoms with Gasteiger partial charge in [0.15, 0.2) is 0 Å². The minimum atomic E-state index is -2.39. The van der Waals surface area contributed by atoms with Gasteiger partial charge < -0.3 is 9.88 Å². The Morgan fingerprint density at radius 1 is 1.16 bits per heavy atom. The summed E-state index contributed by atoms with van der Waals surface area (Å²) in [5, 5.41) is 4.12. The van der Waals surface area contributed by atoms with Crippen molar-refractivity contribution >= 4 is 47.2 Å². The van der Waals surface area contributed by atoms with Gasteiger partial charge in [-0.05, 0) is 37.1 Å². The third-order valence-corrected chi connectivity index (χ3v) is 4.33. The molecule has 0 aliphatic carbocycles. The first-order valence-electron chi connectivity index (χ1n) is 5.48. The van der Waals surface area contributed by atoms with E-state index < -0.39 is 7.14 Å². The number of para-hydroxylation sites is 1. The second-order valence-corrected chi connectivity index (χ2v) is 8.25. The zero-order valence-corrected chi connectivity index (χ0v) is 12.8. The van der Waals surface area contributed by atoms with Crippen molar-refractivity contribution in [3.05, 3.63) is 40.8 Å². The summed E-state index contributed by atoms with van der Waals surface area (Å²) in [6, 6.07) is 8.92. The molecule has 0 unspecified atom stereocenters. The van der Waals surface area contributed by atoms with Gasteiger partial charge in [-0.25, -0.2) is 9.97 Å². The second-order valence-electron chi connectivity index (χ2n) is 4.34. The van der Waals surface area contributed by atoms with E-state index in [1.807, 2.05) is 24.3 Å². The highest BCUT2D eigenvalue weighted by atomic mass is 35.5. The number of aromatic nitrogens is 2. The van der Waals surface area contributed by atoms with Crippen molar-refractivity contribution in [3.63, 3.8) is 0 Å². The number of rotatable bonds is 3. The lowest BCUT2D eigenvalue weighted by Crippen LogP contribution is -2.10. The van der Waals surface area contributed by atoms with Crippen LogP contribution < -0.4 is 10.6 Å². The third kappa shape index (κ3) is 3.69. The van der Waals surface area contributed by atoms with E-state index in [0.29, 0.717) is 5.82 Å². The Morgan fingerprint density at radius 3 is 2.47 bits per heavy atom. The molecule has 1 aromatic heterocycles. The fourth-order valence-corrected chi connectivity index (χ4v) is 3.21. The normalized spacial score (nSPS) is 11.4. The monoisotopic (exact) mass is 315 g/mol. The van der Waals surface area contributed by atoms with Crippen LogP contribution in [0.15, 0.2) is 30.3 Å². The van der Waals surface area contributed by atoms with Crippen LogP contribution in [0.1, 0.15) is 0 Å². The first-order chi connectivity index (χ1) is 8.86. The highest BCUT2D eigenvalue weighted by molar-refractivity contribution is 7.70. The Hall–Kier alpha value is -1.09. The SMILES string of the molecule is CP(C)(=O)c1ccccc1Nc1cc(Cl)nc(Cl)n1. The van der Waals surface area contributed by atoms with Gasteiger partial charge in [-0.3, -0.25) is 0 Å². The zero-order chi connectivity index (χ0) is 14.0. The summed E-state index contributed by atoms with van der Waals surface area (Å²) in [6.07, 6.45) is 0. The predicted molar refractivity (Wildman–Crippen MR) is 80.9 cm³/mol. The number of anilines is 2. The lowest BCUT2D eigenvalue weighted by molar-refractivity contribution is 0.588. The Kier molecular flexibility index (Phi) is 4.14. The number of nitrogens with zero attached hydrogens (tertiary/aromatic N) is 2. The van der Waals surface area contributed by atoms with Crippen molar-refractivity contribution in [1.29, 1.82) is 0 Å². The lowest BCUT2D eigenvalue weighted by Gasteiger charge is -2.14. The smallest absolute Gasteiger partial charge is 0.225 e. The Bertz CT molecular complexity index is 637. The van der Waals surface area contributed by atoms with Crippen LogP contribution in [0.5, 0.6) is 0 Å². The Morgan fingerprint density at radius 2 is 1.84 bits per heavy atom. The Labute approximate surface area is 121 Å². The summed E-state index contributed by atoms with van der Waals surface area (Å²) < 4.78 is 12.2. The van der Waals surface area contributed by atoms with E-state index in [9.17, 15) is 4.57 Å². The van der Waals surface area contributed by atoms with Crippen molar-refractivity contribution in [3.8, 4) is 0 Å². The van der Waals surface area contributed by atoms with Crippen LogP contribution in [0.25, 0.3) is 0 Å². The molecule has 0 aliphatic rings. The minimum absolute atomic E-state index is 0.0589. The second kappa shape index (κ2) is 5.49. The van der Waals surface area contributed by atoms with Gasteiger partial charge in [-0.1, -0.05) is 23.7 Å². The average Bonchev–Trinajstić information content (AvgIpc) is 2.26. The summed E-state index contributed by atoms with van der Waals surface area (Å²) in [5.41, 5.74) is 0.724. The largest absolute Gasteiger partial charge is 0.339 e. The van der Waals surface area contributed by atoms with Gasteiger partial charge in [0.2, 0.25) is 5.28 Å². The molecule has 7 heteroatoms. The van der Waals surface area contributed by atoms with Crippen molar-refractivity contribution in [2.75, 3.05) is 18.6 Å². The van der Waals surface area contributed by atoms with Gasteiger partial charge in [-0.2, -0.15) is 0 Å². The van der Waals surface area contributed by atoms with Gasteiger partial charge in [0, 0.05) is 11.4 Å². The van der Waals surface area contributed by atoms with Gasteiger partial charge in [0.1, 0.15) is 18.1 Å². The standard InChI is InChI=1S/C12H12Cl2N3OP/c1-19(2,18)9-6-4-3-5-8(9)15-11-7-10(13)16-12(14)17-11/h3-7H,1-2H3,(H,15,16,17). The molecule has 1 N–H and O–H groups in total. The minimum Gasteiger partial charge on any atom is -0.339 e. The van der Waals surface area contributed by atoms with E-state index in [4.69, 9.17) is 23.2 Å². The number of hydrogen-bond donors (Lipinski definition) is 1. The van der Waals surface area contributed by atoms with Crippen LogP contribution in [-0.2, 0) is 4.57 Å². The molecule has 100 valence electrons. The molecule has 0 saturated heterocycles. The quantitative estimate of drug-likeness (QED) is 0.532. The summed E-state index contributed by atoms with van der Waals surface area (Å²) in [7, 11) is -2.39. The third-order valence-electron chi connectivity index (χ3n) is 2.41. The molecule has 0 spiro atoms. The molecule has 0 amide bonds. The van der Waals surface area contributed by atoms with Gasteiger partial charge >= 0.3 is 0 Å². The van der Waals surface area contributed by atoms with E-state index in [1.54, 1.807) is 19.4 Å². The van der Waals surface area contributed by atoms with Gasteiger partial charge in [0.05, 0.1) is 5.69 Å². The van der Waals surface area contributed by atoms with Crippen LogP contribution in [0, 0.1) is 0 Å². The van der Waals surface area contributed by atoms with Crippen molar-refractivity contribution in [2.45, 2.75) is 0 Å². The number of halogens is 2. The average molecular weight is 316 g/mol. The highest BCUT2D eigenvalue weighted by Crippen LogP contribution is 2.38. The molecule has 2 aromatic rings. The molecular formula is C12H12Cl2N3OP. The Balaban J connectivity index is 2.41. The molecule has 0 aliphatic heterocycles. The molecule has 0 radical (unpaired) electrons. The van der Waals surface area contributed by atoms with Crippen LogP contribution >= 0.6 is 30.3 Å². The molecular weight excluding hydrogens is 304 g/mol. The molecule has 0 saturated carbocycles. The summed E-state index contributed by atoms with van der Waals surface area (Å²) >= 11 is 11.6. The number of hydrogen-bond acceptors (Lipinski definition) is 4. The highest BCUT2D eigenvalue weighted by Gasteiger charge is 2.16. The fourth-order valence-electron chi connectivity index (χ4n) is 1.64. The van der Waals surface area contributed by atoms with Crippen LogP contribution in [0.4, 0.5) is 11.5 Å². The maximum absolute atomic E-state index is 12.2. The molecule has 1 heterocycles. The fraction of sp³-hybridized carbons (Fsp3) is 0.167. The lowest BCUT2D eigenvalue weighted by atomic mass is 10.3. The molecule has 0 atom stereocenters. The number of benzene rings is 1. The molecule has 19 heavy (non-hydrogen) atoms. The molecule has 2 rings (SSSR count). The van der Waals surface area contributed by atoms with Crippen molar-refractivity contribution in [2.24, 2.45) is 0 Å². The van der Waals surface area contributed by atoms with Crippen LogP contribution in [-0.4, -0.2) is 23.3 Å². The molecule has 1 aromatic carbocycles. The topological polar surface area (TPSA) is 54.9 Å². The zero-order valence-electron chi connectivity index (χ0n) is 10.4. The van der Waals surface area contributed by atoms with Crippen LogP contribution in [0.2, 0.25) is 10.4 Å². The van der Waals surface area contributed by atoms with Crippen LogP contribution in [0.3, 0.4) is 0 Å². The van der Waals surface area contributed by atoms with E-state index in [0.717, 1.165) is 11.0 Å². The number of nitrogens with one attached hydrogen (secondary N) is 1. The maximum Gasteiger partial charge on any atom is 0.225 e. The van der Waals surface area contributed by atoms with Crippen molar-refractivity contribution < 1.29 is 4.57 Å². The first-order valence-corrected chi connectivity index (χ1v) is 8.83.